The summed E-state index contributed by atoms with van der Waals surface area (Å²) in [6.45, 7) is 5.09. The zero-order valence-corrected chi connectivity index (χ0v) is 9.60. The van der Waals surface area contributed by atoms with Crippen LogP contribution >= 0.6 is 0 Å². The van der Waals surface area contributed by atoms with Gasteiger partial charge >= 0.3 is 0 Å². The average Bonchev–Trinajstić information content (AvgIpc) is 2.72. The van der Waals surface area contributed by atoms with Crippen LogP contribution in [-0.2, 0) is 19.8 Å². The molecular formula is C13H16O3. The molecule has 2 heterocycles. The van der Waals surface area contributed by atoms with Gasteiger partial charge in [0.25, 0.3) is 0 Å². The van der Waals surface area contributed by atoms with Crippen LogP contribution in [-0.4, -0.2) is 25.1 Å². The van der Waals surface area contributed by atoms with Gasteiger partial charge in [0.1, 0.15) is 11.7 Å². The second-order valence-electron chi connectivity index (χ2n) is 4.88. The van der Waals surface area contributed by atoms with E-state index in [9.17, 15) is 0 Å². The summed E-state index contributed by atoms with van der Waals surface area (Å²) in [5, 5.41) is 0. The van der Waals surface area contributed by atoms with Crippen molar-refractivity contribution in [3.05, 3.63) is 35.9 Å². The molecule has 86 valence electrons. The number of hydrogen-bond acceptors (Lipinski definition) is 3. The van der Waals surface area contributed by atoms with Gasteiger partial charge in [-0.2, -0.15) is 0 Å². The van der Waals surface area contributed by atoms with Crippen LogP contribution in [0.15, 0.2) is 30.3 Å². The van der Waals surface area contributed by atoms with E-state index in [4.69, 9.17) is 14.2 Å². The first-order valence-corrected chi connectivity index (χ1v) is 5.64. The second kappa shape index (κ2) is 3.29. The molecule has 1 aromatic carbocycles. The van der Waals surface area contributed by atoms with Gasteiger partial charge in [-0.3, -0.25) is 0 Å². The molecule has 1 unspecified atom stereocenters. The molecule has 2 aliphatic rings. The molecule has 2 aliphatic heterocycles. The lowest BCUT2D eigenvalue weighted by Gasteiger charge is -2.27. The second-order valence-corrected chi connectivity index (χ2v) is 4.88. The first kappa shape index (κ1) is 10.3. The minimum absolute atomic E-state index is 0.00454. The lowest BCUT2D eigenvalue weighted by molar-refractivity contribution is -0.184. The molecule has 2 atom stereocenters. The zero-order valence-electron chi connectivity index (χ0n) is 9.60. The highest BCUT2D eigenvalue weighted by molar-refractivity contribution is 5.27. The molecule has 0 saturated carbocycles. The Morgan fingerprint density at radius 1 is 1.19 bits per heavy atom. The lowest BCUT2D eigenvalue weighted by Crippen LogP contribution is -2.36. The normalized spacial score (nSPS) is 36.2. The first-order chi connectivity index (χ1) is 7.62. The Morgan fingerprint density at radius 2 is 1.94 bits per heavy atom. The molecule has 16 heavy (non-hydrogen) atoms. The van der Waals surface area contributed by atoms with E-state index in [0.717, 1.165) is 5.56 Å². The fourth-order valence-electron chi connectivity index (χ4n) is 2.62. The van der Waals surface area contributed by atoms with E-state index in [-0.39, 0.29) is 6.10 Å². The highest BCUT2D eigenvalue weighted by Crippen LogP contribution is 2.46. The van der Waals surface area contributed by atoms with Crippen molar-refractivity contribution in [1.82, 2.24) is 0 Å². The van der Waals surface area contributed by atoms with Crippen molar-refractivity contribution in [1.29, 1.82) is 0 Å². The van der Waals surface area contributed by atoms with Gasteiger partial charge in [0.05, 0.1) is 13.2 Å². The van der Waals surface area contributed by atoms with Crippen molar-refractivity contribution in [2.45, 2.75) is 31.3 Å². The smallest absolute Gasteiger partial charge is 0.164 e. The molecule has 0 N–H and O–H groups in total. The molecule has 0 aromatic heterocycles. The van der Waals surface area contributed by atoms with Crippen molar-refractivity contribution >= 4 is 0 Å². The number of ether oxygens (including phenoxy) is 3. The minimum Gasteiger partial charge on any atom is -0.375 e. The van der Waals surface area contributed by atoms with E-state index in [1.165, 1.54) is 0 Å². The predicted octanol–water partition coefficient (Wildman–Crippen LogP) is 2.06. The van der Waals surface area contributed by atoms with E-state index >= 15 is 0 Å². The third-order valence-corrected chi connectivity index (χ3v) is 3.22. The van der Waals surface area contributed by atoms with Crippen LogP contribution in [0.4, 0.5) is 0 Å². The molecule has 2 saturated heterocycles. The first-order valence-electron chi connectivity index (χ1n) is 5.64. The Bertz CT molecular complexity index is 387. The van der Waals surface area contributed by atoms with E-state index in [1.807, 2.05) is 32.0 Å². The Hall–Kier alpha value is -0.900. The minimum atomic E-state index is -0.524. The Balaban J connectivity index is 2.03. The van der Waals surface area contributed by atoms with Gasteiger partial charge in [-0.1, -0.05) is 30.3 Å². The molecule has 3 nitrogen and oxygen atoms in total. The van der Waals surface area contributed by atoms with Gasteiger partial charge in [-0.15, -0.1) is 0 Å². The summed E-state index contributed by atoms with van der Waals surface area (Å²) >= 11 is 0. The van der Waals surface area contributed by atoms with Crippen molar-refractivity contribution in [2.24, 2.45) is 0 Å². The quantitative estimate of drug-likeness (QED) is 0.725. The van der Waals surface area contributed by atoms with Crippen LogP contribution in [0, 0.1) is 0 Å². The maximum Gasteiger partial charge on any atom is 0.164 e. The van der Waals surface area contributed by atoms with Crippen LogP contribution in [0.25, 0.3) is 0 Å². The summed E-state index contributed by atoms with van der Waals surface area (Å²) in [5.41, 5.74) is 0.730. The van der Waals surface area contributed by atoms with Crippen molar-refractivity contribution in [2.75, 3.05) is 13.2 Å². The number of hydrogen-bond donors (Lipinski definition) is 0. The molecule has 1 aromatic rings. The Morgan fingerprint density at radius 3 is 2.69 bits per heavy atom. The summed E-state index contributed by atoms with van der Waals surface area (Å²) in [6, 6.07) is 10.2. The Kier molecular flexibility index (Phi) is 2.11. The van der Waals surface area contributed by atoms with Crippen LogP contribution in [0.1, 0.15) is 19.4 Å². The monoisotopic (exact) mass is 220 g/mol. The van der Waals surface area contributed by atoms with E-state index in [0.29, 0.717) is 13.2 Å². The standard InChI is InChI=1S/C13H16O3/c1-12(2)15-11-8-14-9-13(11,16-12)10-6-4-3-5-7-10/h3-7,11H,8-9H2,1-2H3/t11?,13-/m1/s1. The largest absolute Gasteiger partial charge is 0.375 e. The molecule has 3 rings (SSSR count). The highest BCUT2D eigenvalue weighted by atomic mass is 16.8. The number of rotatable bonds is 1. The molecule has 0 bridgehead atoms. The predicted molar refractivity (Wildman–Crippen MR) is 59.0 cm³/mol. The van der Waals surface area contributed by atoms with Gasteiger partial charge in [0, 0.05) is 0 Å². The van der Waals surface area contributed by atoms with Crippen LogP contribution in [0.2, 0.25) is 0 Å². The molecule has 0 radical (unpaired) electrons. The van der Waals surface area contributed by atoms with Crippen LogP contribution in [0.3, 0.4) is 0 Å². The summed E-state index contributed by atoms with van der Waals surface area (Å²) in [6.07, 6.45) is 0.00454. The van der Waals surface area contributed by atoms with Gasteiger partial charge in [0.15, 0.2) is 5.79 Å². The summed E-state index contributed by atoms with van der Waals surface area (Å²) in [7, 11) is 0. The fraction of sp³-hybridized carbons (Fsp3) is 0.538. The Labute approximate surface area is 95.3 Å². The van der Waals surface area contributed by atoms with Crippen molar-refractivity contribution in [3.63, 3.8) is 0 Å². The maximum atomic E-state index is 6.10. The van der Waals surface area contributed by atoms with Crippen LogP contribution in [0.5, 0.6) is 0 Å². The van der Waals surface area contributed by atoms with E-state index in [1.54, 1.807) is 0 Å². The number of benzene rings is 1. The molecule has 0 spiro atoms. The molecule has 0 amide bonds. The van der Waals surface area contributed by atoms with E-state index in [2.05, 4.69) is 12.1 Å². The molecular weight excluding hydrogens is 204 g/mol. The molecule has 3 heteroatoms. The van der Waals surface area contributed by atoms with Gasteiger partial charge < -0.3 is 14.2 Å². The van der Waals surface area contributed by atoms with Crippen molar-refractivity contribution < 1.29 is 14.2 Å². The maximum absolute atomic E-state index is 6.10. The third kappa shape index (κ3) is 1.39. The number of fused-ring (bicyclic) bond motifs is 1. The van der Waals surface area contributed by atoms with Crippen LogP contribution < -0.4 is 0 Å². The SMILES string of the molecule is CC1(C)OC2COC[C@]2(c2ccccc2)O1. The summed E-state index contributed by atoms with van der Waals surface area (Å²) < 4.78 is 17.5. The van der Waals surface area contributed by atoms with Gasteiger partial charge in [-0.05, 0) is 19.4 Å². The van der Waals surface area contributed by atoms with E-state index < -0.39 is 11.4 Å². The molecule has 0 aliphatic carbocycles. The highest BCUT2D eigenvalue weighted by Gasteiger charge is 2.57. The average molecular weight is 220 g/mol. The fourth-order valence-corrected chi connectivity index (χ4v) is 2.62. The third-order valence-electron chi connectivity index (χ3n) is 3.22. The topological polar surface area (TPSA) is 27.7 Å². The summed E-state index contributed by atoms with van der Waals surface area (Å²) in [5.74, 6) is -0.524. The van der Waals surface area contributed by atoms with Gasteiger partial charge in [-0.25, -0.2) is 0 Å². The lowest BCUT2D eigenvalue weighted by atomic mass is 9.91. The summed E-state index contributed by atoms with van der Waals surface area (Å²) in [4.78, 5) is 0. The zero-order chi connectivity index (χ0) is 11.2. The molecule has 2 fully saturated rings. The van der Waals surface area contributed by atoms with Crippen molar-refractivity contribution in [3.8, 4) is 0 Å². The van der Waals surface area contributed by atoms with Gasteiger partial charge in [0.2, 0.25) is 0 Å².